The molecule has 0 unspecified atom stereocenters. The number of rotatable bonds is 4. The van der Waals surface area contributed by atoms with Gasteiger partial charge >= 0.3 is 0 Å². The molecule has 0 amide bonds. The molecule has 1 aromatic carbocycles. The molecule has 1 aromatic rings. The molecule has 0 aliphatic carbocycles. The lowest BCUT2D eigenvalue weighted by Gasteiger charge is -2.31. The van der Waals surface area contributed by atoms with Gasteiger partial charge in [0, 0.05) is 24.2 Å². The fourth-order valence-corrected chi connectivity index (χ4v) is 2.42. The van der Waals surface area contributed by atoms with Gasteiger partial charge < -0.3 is 5.32 Å². The van der Waals surface area contributed by atoms with Crippen LogP contribution in [0, 0.1) is 15.9 Å². The molecule has 0 atom stereocenters. The van der Waals surface area contributed by atoms with Crippen molar-refractivity contribution in [1.82, 2.24) is 10.2 Å². The summed E-state index contributed by atoms with van der Waals surface area (Å²) in [5, 5.41) is 13.8. The van der Waals surface area contributed by atoms with E-state index in [1.54, 1.807) is 0 Å². The maximum absolute atomic E-state index is 13.8. The van der Waals surface area contributed by atoms with Gasteiger partial charge in [0.1, 0.15) is 5.82 Å². The van der Waals surface area contributed by atoms with E-state index in [2.05, 4.69) is 10.2 Å². The van der Waals surface area contributed by atoms with E-state index in [1.165, 1.54) is 12.1 Å². The van der Waals surface area contributed by atoms with E-state index in [-0.39, 0.29) is 5.69 Å². The summed E-state index contributed by atoms with van der Waals surface area (Å²) < 4.78 is 13.8. The fraction of sp³-hybridized carbons (Fsp3) is 0.538. The largest absolute Gasteiger partial charge is 0.317 e. The molecule has 0 aromatic heterocycles. The number of piperidine rings is 1. The summed E-state index contributed by atoms with van der Waals surface area (Å²) in [4.78, 5) is 12.1. The Morgan fingerprint density at radius 2 is 2.16 bits per heavy atom. The molecule has 0 radical (unpaired) electrons. The number of halogens is 1. The number of hydrogen-bond acceptors (Lipinski definition) is 4. The SMILES string of the molecule is CN(Cc1ccc([N+](=O)[O-])cc1F)C1CCNCC1. The zero-order chi connectivity index (χ0) is 13.8. The smallest absolute Gasteiger partial charge is 0.272 e. The molecule has 0 bridgehead atoms. The van der Waals surface area contributed by atoms with Crippen LogP contribution in [0.25, 0.3) is 0 Å². The lowest BCUT2D eigenvalue weighted by atomic mass is 10.0. The number of nitro benzene ring substituents is 1. The van der Waals surface area contributed by atoms with Crippen molar-refractivity contribution in [3.8, 4) is 0 Å². The first-order valence-corrected chi connectivity index (χ1v) is 6.41. The highest BCUT2D eigenvalue weighted by molar-refractivity contribution is 5.34. The van der Waals surface area contributed by atoms with E-state index in [4.69, 9.17) is 0 Å². The highest BCUT2D eigenvalue weighted by Crippen LogP contribution is 2.19. The van der Waals surface area contributed by atoms with Gasteiger partial charge in [-0.15, -0.1) is 0 Å². The monoisotopic (exact) mass is 267 g/mol. The maximum atomic E-state index is 13.8. The van der Waals surface area contributed by atoms with Crippen molar-refractivity contribution in [1.29, 1.82) is 0 Å². The van der Waals surface area contributed by atoms with Crippen LogP contribution in [0.5, 0.6) is 0 Å². The molecular formula is C13H18FN3O2. The highest BCUT2D eigenvalue weighted by Gasteiger charge is 2.19. The summed E-state index contributed by atoms with van der Waals surface area (Å²) in [7, 11) is 1.97. The highest BCUT2D eigenvalue weighted by atomic mass is 19.1. The molecule has 104 valence electrons. The Morgan fingerprint density at radius 1 is 1.47 bits per heavy atom. The number of benzene rings is 1. The molecule has 19 heavy (non-hydrogen) atoms. The maximum Gasteiger partial charge on any atom is 0.272 e. The third kappa shape index (κ3) is 3.48. The predicted molar refractivity (Wildman–Crippen MR) is 70.4 cm³/mol. The van der Waals surface area contributed by atoms with Crippen LogP contribution < -0.4 is 5.32 Å². The summed E-state index contributed by atoms with van der Waals surface area (Å²) in [5.41, 5.74) is 0.303. The Labute approximate surface area is 111 Å². The average molecular weight is 267 g/mol. The third-order valence-corrected chi connectivity index (χ3v) is 3.60. The van der Waals surface area contributed by atoms with Crippen LogP contribution in [0.15, 0.2) is 18.2 Å². The van der Waals surface area contributed by atoms with Crippen LogP contribution in [0.1, 0.15) is 18.4 Å². The van der Waals surface area contributed by atoms with Crippen molar-refractivity contribution in [3.05, 3.63) is 39.7 Å². The Bertz CT molecular complexity index is 461. The molecule has 1 fully saturated rings. The topological polar surface area (TPSA) is 58.4 Å². The summed E-state index contributed by atoms with van der Waals surface area (Å²) >= 11 is 0. The normalized spacial score (nSPS) is 16.8. The summed E-state index contributed by atoms with van der Waals surface area (Å²) in [5.74, 6) is -0.505. The van der Waals surface area contributed by atoms with Gasteiger partial charge in [0.25, 0.3) is 5.69 Å². The van der Waals surface area contributed by atoms with Crippen molar-refractivity contribution >= 4 is 5.69 Å². The van der Waals surface area contributed by atoms with Crippen molar-refractivity contribution in [3.63, 3.8) is 0 Å². The van der Waals surface area contributed by atoms with Crippen molar-refractivity contribution in [2.24, 2.45) is 0 Å². The van der Waals surface area contributed by atoms with Gasteiger partial charge in [-0.05, 0) is 39.0 Å². The van der Waals surface area contributed by atoms with Gasteiger partial charge in [-0.1, -0.05) is 0 Å². The van der Waals surface area contributed by atoms with Crippen LogP contribution >= 0.6 is 0 Å². The predicted octanol–water partition coefficient (Wildman–Crippen LogP) is 1.92. The van der Waals surface area contributed by atoms with Gasteiger partial charge in [-0.2, -0.15) is 0 Å². The molecule has 1 aliphatic rings. The Morgan fingerprint density at radius 3 is 2.74 bits per heavy atom. The van der Waals surface area contributed by atoms with Gasteiger partial charge in [0.15, 0.2) is 0 Å². The Balaban J connectivity index is 2.03. The zero-order valence-corrected chi connectivity index (χ0v) is 10.9. The van der Waals surface area contributed by atoms with Crippen molar-refractivity contribution < 1.29 is 9.31 Å². The first kappa shape index (κ1) is 13.9. The molecule has 5 nitrogen and oxygen atoms in total. The van der Waals surface area contributed by atoms with Gasteiger partial charge in [0.2, 0.25) is 0 Å². The van der Waals surface area contributed by atoms with E-state index in [1.807, 2.05) is 7.05 Å². The number of nitro groups is 1. The molecule has 6 heteroatoms. The Hall–Kier alpha value is -1.53. The van der Waals surface area contributed by atoms with Gasteiger partial charge in [-0.25, -0.2) is 4.39 Å². The minimum Gasteiger partial charge on any atom is -0.317 e. The van der Waals surface area contributed by atoms with E-state index < -0.39 is 10.7 Å². The molecule has 1 N–H and O–H groups in total. The Kier molecular flexibility index (Phi) is 4.44. The standard InChI is InChI=1S/C13H18FN3O2/c1-16(11-4-6-15-7-5-11)9-10-2-3-12(17(18)19)8-13(10)14/h2-3,8,11,15H,4-7,9H2,1H3. The van der Waals surface area contributed by atoms with Crippen molar-refractivity contribution in [2.45, 2.75) is 25.4 Å². The summed E-state index contributed by atoms with van der Waals surface area (Å²) in [6.45, 7) is 2.45. The van der Waals surface area contributed by atoms with Gasteiger partial charge in [-0.3, -0.25) is 15.0 Å². The lowest BCUT2D eigenvalue weighted by Crippen LogP contribution is -2.40. The number of non-ortho nitro benzene ring substituents is 1. The quantitative estimate of drug-likeness (QED) is 0.669. The number of nitrogens with zero attached hydrogens (tertiary/aromatic N) is 2. The average Bonchev–Trinajstić information content (AvgIpc) is 2.41. The zero-order valence-electron chi connectivity index (χ0n) is 10.9. The second-order valence-corrected chi connectivity index (χ2v) is 4.93. The molecule has 1 saturated heterocycles. The molecular weight excluding hydrogens is 249 g/mol. The van der Waals surface area contributed by atoms with Crippen LogP contribution in [-0.4, -0.2) is 36.0 Å². The summed E-state index contributed by atoms with van der Waals surface area (Å²) in [6.07, 6.45) is 2.09. The van der Waals surface area contributed by atoms with E-state index in [9.17, 15) is 14.5 Å². The summed E-state index contributed by atoms with van der Waals surface area (Å²) in [6, 6.07) is 4.29. The van der Waals surface area contributed by atoms with E-state index in [0.717, 1.165) is 32.0 Å². The minimum absolute atomic E-state index is 0.203. The fourth-order valence-electron chi connectivity index (χ4n) is 2.42. The number of nitrogens with one attached hydrogen (secondary N) is 1. The first-order valence-electron chi connectivity index (χ1n) is 6.41. The van der Waals surface area contributed by atoms with E-state index in [0.29, 0.717) is 18.2 Å². The third-order valence-electron chi connectivity index (χ3n) is 3.60. The molecule has 2 rings (SSSR count). The second kappa shape index (κ2) is 6.08. The van der Waals surface area contributed by atoms with Crippen LogP contribution in [0.3, 0.4) is 0 Å². The van der Waals surface area contributed by atoms with Crippen molar-refractivity contribution in [2.75, 3.05) is 20.1 Å². The molecule has 0 spiro atoms. The first-order chi connectivity index (χ1) is 9.08. The molecule has 0 saturated carbocycles. The molecule has 1 heterocycles. The lowest BCUT2D eigenvalue weighted by molar-refractivity contribution is -0.385. The second-order valence-electron chi connectivity index (χ2n) is 4.93. The minimum atomic E-state index is -0.580. The molecule has 1 aliphatic heterocycles. The van der Waals surface area contributed by atoms with Crippen LogP contribution in [0.4, 0.5) is 10.1 Å². The van der Waals surface area contributed by atoms with Crippen LogP contribution in [-0.2, 0) is 6.54 Å². The van der Waals surface area contributed by atoms with E-state index >= 15 is 0 Å². The van der Waals surface area contributed by atoms with Gasteiger partial charge in [0.05, 0.1) is 11.0 Å². The number of hydrogen-bond donors (Lipinski definition) is 1. The van der Waals surface area contributed by atoms with Crippen LogP contribution in [0.2, 0.25) is 0 Å².